The Balaban J connectivity index is 1.38. The molecular weight excluding hydrogens is 697 g/mol. The van der Waals surface area contributed by atoms with Crippen molar-refractivity contribution in [1.29, 1.82) is 0 Å². The van der Waals surface area contributed by atoms with Crippen molar-refractivity contribution in [3.05, 3.63) is 39.4 Å². The molecule has 0 bridgehead atoms. The zero-order chi connectivity index (χ0) is 37.2. The number of imidazole rings is 1. The fourth-order valence-corrected chi connectivity index (χ4v) is 7.31. The summed E-state index contributed by atoms with van der Waals surface area (Å²) in [5, 5.41) is 2.80. The van der Waals surface area contributed by atoms with Crippen LogP contribution in [0.25, 0.3) is 11.2 Å². The molecule has 2 aliphatic rings. The van der Waals surface area contributed by atoms with E-state index in [4.69, 9.17) is 44.2 Å². The number of fused-ring (bicyclic) bond motifs is 1. The molecular formula is C29H44N9O12P. The van der Waals surface area contributed by atoms with Gasteiger partial charge < -0.3 is 45.4 Å². The van der Waals surface area contributed by atoms with Gasteiger partial charge in [0.2, 0.25) is 11.9 Å². The van der Waals surface area contributed by atoms with Crippen LogP contribution >= 0.6 is 7.82 Å². The summed E-state index contributed by atoms with van der Waals surface area (Å²) in [4.78, 5) is 63.8. The number of hydrogen-bond donors (Lipinski definition) is 5. The Hall–Kier alpha value is -3.79. The highest BCUT2D eigenvalue weighted by molar-refractivity contribution is 7.47. The summed E-state index contributed by atoms with van der Waals surface area (Å²) < 4.78 is 56.1. The van der Waals surface area contributed by atoms with E-state index in [9.17, 15) is 23.8 Å². The predicted molar refractivity (Wildman–Crippen MR) is 178 cm³/mol. The summed E-state index contributed by atoms with van der Waals surface area (Å²) in [6.45, 7) is 6.69. The zero-order valence-electron chi connectivity index (χ0n) is 28.9. The lowest BCUT2D eigenvalue weighted by Gasteiger charge is -2.26. The first-order valence-electron chi connectivity index (χ1n) is 16.1. The van der Waals surface area contributed by atoms with Crippen molar-refractivity contribution in [3.8, 4) is 0 Å². The van der Waals surface area contributed by atoms with Crippen molar-refractivity contribution in [1.82, 2.24) is 34.4 Å². The second-order valence-electron chi connectivity index (χ2n) is 12.6. The van der Waals surface area contributed by atoms with E-state index in [1.54, 1.807) is 13.8 Å². The van der Waals surface area contributed by atoms with E-state index in [-0.39, 0.29) is 48.6 Å². The van der Waals surface area contributed by atoms with Crippen molar-refractivity contribution in [2.75, 3.05) is 38.8 Å². The van der Waals surface area contributed by atoms with Crippen molar-refractivity contribution >= 4 is 36.7 Å². The van der Waals surface area contributed by atoms with E-state index in [0.717, 1.165) is 0 Å². The van der Waals surface area contributed by atoms with Crippen molar-refractivity contribution < 1.29 is 47.0 Å². The molecule has 5 rings (SSSR count). The maximum atomic E-state index is 13.6. The number of methoxy groups -OCH3 is 2. The van der Waals surface area contributed by atoms with Crippen molar-refractivity contribution in [3.63, 3.8) is 0 Å². The van der Waals surface area contributed by atoms with Gasteiger partial charge in [-0.15, -0.1) is 0 Å². The van der Waals surface area contributed by atoms with Gasteiger partial charge in [-0.3, -0.25) is 32.8 Å². The normalized spacial score (nSPS) is 27.8. The Morgan fingerprint density at radius 1 is 1.04 bits per heavy atom. The van der Waals surface area contributed by atoms with Crippen molar-refractivity contribution in [2.24, 2.45) is 5.92 Å². The number of nitrogen functional groups attached to an aromatic ring is 2. The van der Waals surface area contributed by atoms with Gasteiger partial charge in [-0.25, -0.2) is 14.3 Å². The van der Waals surface area contributed by atoms with E-state index < -0.39 is 80.0 Å². The van der Waals surface area contributed by atoms with Gasteiger partial charge in [0.05, 0.1) is 31.2 Å². The number of ether oxygens (including phenoxy) is 5. The maximum Gasteiger partial charge on any atom is 0.472 e. The minimum atomic E-state index is -4.68. The van der Waals surface area contributed by atoms with Gasteiger partial charge in [0.1, 0.15) is 30.2 Å². The van der Waals surface area contributed by atoms with Crippen LogP contribution in [0.1, 0.15) is 46.6 Å². The number of aromatic nitrogens is 6. The number of carbonyl (C=O) groups is 1. The molecule has 22 heteroatoms. The van der Waals surface area contributed by atoms with Crippen LogP contribution in [-0.2, 0) is 42.1 Å². The van der Waals surface area contributed by atoms with Crippen LogP contribution < -0.4 is 28.0 Å². The van der Waals surface area contributed by atoms with E-state index in [1.807, 2.05) is 13.8 Å². The van der Waals surface area contributed by atoms with Crippen LogP contribution in [0.15, 0.2) is 28.2 Å². The van der Waals surface area contributed by atoms with Gasteiger partial charge in [-0.05, 0) is 33.8 Å². The molecule has 0 aromatic carbocycles. The number of carbonyl (C=O) groups excluding carboxylic acids is 1. The molecule has 0 aliphatic carbocycles. The highest BCUT2D eigenvalue weighted by Gasteiger charge is 2.51. The average Bonchev–Trinajstić information content (AvgIpc) is 3.71. The third-order valence-corrected chi connectivity index (χ3v) is 9.49. The Morgan fingerprint density at radius 3 is 2.37 bits per heavy atom. The average molecular weight is 742 g/mol. The molecule has 0 saturated carbocycles. The third-order valence-electron chi connectivity index (χ3n) is 8.29. The zero-order valence-corrected chi connectivity index (χ0v) is 29.8. The first-order chi connectivity index (χ1) is 24.1. The molecule has 2 saturated heterocycles. The fraction of sp³-hybridized carbons (Fsp3) is 0.655. The van der Waals surface area contributed by atoms with Gasteiger partial charge in [-0.1, -0.05) is 0 Å². The van der Waals surface area contributed by atoms with Crippen LogP contribution in [0.3, 0.4) is 0 Å². The molecule has 9 atom stereocenters. The number of H-pyrrole nitrogens is 1. The summed E-state index contributed by atoms with van der Waals surface area (Å²) in [5.41, 5.74) is 10.2. The molecule has 51 heavy (non-hydrogen) atoms. The Labute approximate surface area is 291 Å². The predicted octanol–water partition coefficient (Wildman–Crippen LogP) is -0.176. The molecule has 7 N–H and O–H groups in total. The Kier molecular flexibility index (Phi) is 11.9. The minimum Gasteiger partial charge on any atom is -0.383 e. The van der Waals surface area contributed by atoms with E-state index in [2.05, 4.69) is 25.3 Å². The monoisotopic (exact) mass is 741 g/mol. The SMILES string of the molecule is COC1C(CC(=O)NC[C@H]2O[C@@H](n3cnc4c(=O)[nH]c(N)nc43)C(OC)C2OP(=O)(O)OC(C)C)[C@@H](COC(C)C)O[C@H]1n1ccc(N)nc1=O. The third kappa shape index (κ3) is 8.65. The van der Waals surface area contributed by atoms with Crippen LogP contribution in [0, 0.1) is 5.92 Å². The van der Waals surface area contributed by atoms with Gasteiger partial charge in [0.15, 0.2) is 23.6 Å². The molecule has 3 aromatic heterocycles. The Morgan fingerprint density at radius 2 is 1.73 bits per heavy atom. The van der Waals surface area contributed by atoms with Crippen LogP contribution in [-0.4, -0.2) is 110 Å². The molecule has 1 amide bonds. The van der Waals surface area contributed by atoms with Crippen LogP contribution in [0.4, 0.5) is 11.8 Å². The maximum absolute atomic E-state index is 13.6. The lowest BCUT2D eigenvalue weighted by atomic mass is 9.93. The molecule has 0 radical (unpaired) electrons. The molecule has 21 nitrogen and oxygen atoms in total. The topological polar surface area (TPSA) is 282 Å². The number of rotatable bonds is 15. The molecule has 282 valence electrons. The van der Waals surface area contributed by atoms with Crippen LogP contribution in [0.5, 0.6) is 0 Å². The van der Waals surface area contributed by atoms with Crippen molar-refractivity contribution in [2.45, 2.75) is 89.3 Å². The van der Waals surface area contributed by atoms with Gasteiger partial charge in [0.25, 0.3) is 5.56 Å². The fourth-order valence-electron chi connectivity index (χ4n) is 6.16. The van der Waals surface area contributed by atoms with Gasteiger partial charge >= 0.3 is 13.5 Å². The number of nitrogens with two attached hydrogens (primary N) is 2. The number of aromatic amines is 1. The molecule has 0 spiro atoms. The van der Waals surface area contributed by atoms with E-state index in [0.29, 0.717) is 0 Å². The summed E-state index contributed by atoms with van der Waals surface area (Å²) in [6.07, 6.45) is -5.18. The summed E-state index contributed by atoms with van der Waals surface area (Å²) in [6, 6.07) is 1.45. The number of nitrogens with zero attached hydrogens (tertiary/aromatic N) is 5. The van der Waals surface area contributed by atoms with Gasteiger partial charge in [0, 0.05) is 39.3 Å². The second-order valence-corrected chi connectivity index (χ2v) is 14.0. The Bertz CT molecular complexity index is 1850. The highest BCUT2D eigenvalue weighted by Crippen LogP contribution is 2.50. The molecule has 3 aromatic rings. The number of hydrogen-bond acceptors (Lipinski definition) is 16. The first kappa shape index (κ1) is 38.4. The number of phosphoric ester groups is 1. The lowest BCUT2D eigenvalue weighted by Crippen LogP contribution is -2.43. The lowest BCUT2D eigenvalue weighted by molar-refractivity contribution is -0.124. The second kappa shape index (κ2) is 15.8. The molecule has 2 fully saturated rings. The standard InChI is InChI=1S/C29H44N9O12P/c1-13(2)46-11-17-15(21(44-5)26(48-17)37-8-7-18(30)34-29(37)41)9-19(39)32-10-16-22(50-51(42,43)49-14(3)4)23(45-6)27(47-16)38-12-33-20-24(38)35-28(31)36-25(20)40/h7-8,12-17,21-23,26-27H,9-11H2,1-6H3,(H,32,39)(H,42,43)(H2,30,34,41)(H3,31,35,36,40)/t15?,16-,17-,21?,22?,23?,26-,27-/m1/s1. The number of phosphoric acid groups is 1. The molecule has 5 heterocycles. The van der Waals surface area contributed by atoms with Crippen LogP contribution in [0.2, 0.25) is 0 Å². The summed E-state index contributed by atoms with van der Waals surface area (Å²) >= 11 is 0. The molecule has 5 unspecified atom stereocenters. The molecule has 2 aliphatic heterocycles. The highest BCUT2D eigenvalue weighted by atomic mass is 31.2. The first-order valence-corrected chi connectivity index (χ1v) is 17.6. The smallest absolute Gasteiger partial charge is 0.383 e. The summed E-state index contributed by atoms with van der Waals surface area (Å²) in [5.74, 6) is -1.20. The van der Waals surface area contributed by atoms with Gasteiger partial charge in [-0.2, -0.15) is 9.97 Å². The minimum absolute atomic E-state index is 0.0364. The summed E-state index contributed by atoms with van der Waals surface area (Å²) in [7, 11) is -1.91. The van der Waals surface area contributed by atoms with E-state index >= 15 is 0 Å². The quantitative estimate of drug-likeness (QED) is 0.126. The van der Waals surface area contributed by atoms with E-state index in [1.165, 1.54) is 41.9 Å². The largest absolute Gasteiger partial charge is 0.472 e. The number of amides is 1. The number of anilines is 2. The number of nitrogens with one attached hydrogen (secondary N) is 2.